The number of rotatable bonds is 2. The van der Waals surface area contributed by atoms with E-state index in [9.17, 15) is 4.79 Å². The molecule has 0 fully saturated rings. The van der Waals surface area contributed by atoms with Gasteiger partial charge in [-0.05, 0) is 12.1 Å². The van der Waals surface area contributed by atoms with Crippen molar-refractivity contribution in [2.24, 2.45) is 0 Å². The molecule has 12 heavy (non-hydrogen) atoms. The summed E-state index contributed by atoms with van der Waals surface area (Å²) < 4.78 is 0. The lowest BCUT2D eigenvalue weighted by Gasteiger charge is -1.99. The lowest BCUT2D eigenvalue weighted by atomic mass is 10.3. The van der Waals surface area contributed by atoms with Crippen LogP contribution < -0.4 is 5.32 Å². The summed E-state index contributed by atoms with van der Waals surface area (Å²) in [6.07, 6.45) is 1.76. The Bertz CT molecular complexity index is 280. The predicted molar refractivity (Wildman–Crippen MR) is 46.8 cm³/mol. The van der Waals surface area contributed by atoms with Crippen molar-refractivity contribution in [3.63, 3.8) is 0 Å². The first-order valence-electron chi connectivity index (χ1n) is 3.50. The third-order valence-electron chi connectivity index (χ3n) is 1.27. The molecule has 62 valence electrons. The average Bonchev–Trinajstić information content (AvgIpc) is 2.06. The van der Waals surface area contributed by atoms with Crippen LogP contribution in [-0.4, -0.2) is 11.0 Å². The summed E-state index contributed by atoms with van der Waals surface area (Å²) in [4.78, 5) is 10.9. The van der Waals surface area contributed by atoms with E-state index in [2.05, 4.69) is 5.32 Å². The Morgan fingerprint density at radius 1 is 1.33 bits per heavy atom. The van der Waals surface area contributed by atoms with Crippen molar-refractivity contribution >= 4 is 11.6 Å². The molecule has 1 rings (SSSR count). The van der Waals surface area contributed by atoms with E-state index in [1.165, 1.54) is 0 Å². The zero-order chi connectivity index (χ0) is 8.81. The van der Waals surface area contributed by atoms with Gasteiger partial charge in [0, 0.05) is 11.8 Å². The number of aliphatic hydroxyl groups excluding tert-OH is 1. The molecule has 0 aliphatic rings. The summed E-state index contributed by atoms with van der Waals surface area (Å²) in [5.41, 5.74) is 0.709. The van der Waals surface area contributed by atoms with Crippen molar-refractivity contribution < 1.29 is 9.90 Å². The summed E-state index contributed by atoms with van der Waals surface area (Å²) in [7, 11) is 0. The van der Waals surface area contributed by atoms with Gasteiger partial charge in [-0.1, -0.05) is 18.2 Å². The van der Waals surface area contributed by atoms with Gasteiger partial charge in [-0.3, -0.25) is 4.79 Å². The summed E-state index contributed by atoms with van der Waals surface area (Å²) in [6, 6.07) is 9.03. The number of benzene rings is 1. The van der Waals surface area contributed by atoms with E-state index in [1.807, 2.05) is 18.2 Å². The molecule has 0 saturated carbocycles. The normalized spacial score (nSPS) is 10.0. The van der Waals surface area contributed by atoms with Crippen LogP contribution in [0.5, 0.6) is 0 Å². The van der Waals surface area contributed by atoms with Crippen molar-refractivity contribution in [1.82, 2.24) is 0 Å². The molecule has 3 nitrogen and oxygen atoms in total. The molecule has 0 radical (unpaired) electrons. The Morgan fingerprint density at radius 3 is 2.58 bits per heavy atom. The second kappa shape index (κ2) is 4.18. The molecule has 0 spiro atoms. The summed E-state index contributed by atoms with van der Waals surface area (Å²) in [6.45, 7) is 0. The molecule has 0 aromatic heterocycles. The Hall–Kier alpha value is -1.77. The minimum Gasteiger partial charge on any atom is -0.515 e. The zero-order valence-electron chi connectivity index (χ0n) is 6.40. The molecule has 1 aromatic carbocycles. The number of anilines is 1. The van der Waals surface area contributed by atoms with Gasteiger partial charge < -0.3 is 10.4 Å². The van der Waals surface area contributed by atoms with Crippen LogP contribution in [0.2, 0.25) is 0 Å². The third-order valence-corrected chi connectivity index (χ3v) is 1.27. The maximum atomic E-state index is 10.9. The van der Waals surface area contributed by atoms with Crippen LogP contribution in [0.15, 0.2) is 42.7 Å². The predicted octanol–water partition coefficient (Wildman–Crippen LogP) is 1.70. The van der Waals surface area contributed by atoms with E-state index >= 15 is 0 Å². The Labute approximate surface area is 70.3 Å². The van der Waals surface area contributed by atoms with Gasteiger partial charge >= 0.3 is 0 Å². The first kappa shape index (κ1) is 8.33. The van der Waals surface area contributed by atoms with Gasteiger partial charge in [0.05, 0.1) is 6.26 Å². The fraction of sp³-hybridized carbons (Fsp3) is 0. The van der Waals surface area contributed by atoms with Crippen LogP contribution in [0.3, 0.4) is 0 Å². The number of carbonyl (C=O) groups excluding carboxylic acids is 1. The maximum Gasteiger partial charge on any atom is 0.251 e. The Kier molecular flexibility index (Phi) is 2.90. The first-order valence-corrected chi connectivity index (χ1v) is 3.50. The Balaban J connectivity index is 2.59. The molecule has 1 amide bonds. The zero-order valence-corrected chi connectivity index (χ0v) is 6.40. The molecule has 0 saturated heterocycles. The quantitative estimate of drug-likeness (QED) is 0.515. The molecule has 0 aliphatic heterocycles. The highest BCUT2D eigenvalue weighted by Gasteiger charge is 1.94. The van der Waals surface area contributed by atoms with E-state index < -0.39 is 0 Å². The van der Waals surface area contributed by atoms with Crippen LogP contribution in [0.25, 0.3) is 0 Å². The summed E-state index contributed by atoms with van der Waals surface area (Å²) >= 11 is 0. The van der Waals surface area contributed by atoms with E-state index in [1.54, 1.807) is 12.1 Å². The Morgan fingerprint density at radius 2 is 2.00 bits per heavy atom. The van der Waals surface area contributed by atoms with Crippen molar-refractivity contribution in [3.05, 3.63) is 42.7 Å². The average molecular weight is 163 g/mol. The van der Waals surface area contributed by atoms with Crippen LogP contribution in [-0.2, 0) is 4.79 Å². The topological polar surface area (TPSA) is 49.3 Å². The third kappa shape index (κ3) is 2.46. The summed E-state index contributed by atoms with van der Waals surface area (Å²) in [5, 5.41) is 10.8. The van der Waals surface area contributed by atoms with Crippen LogP contribution >= 0.6 is 0 Å². The van der Waals surface area contributed by atoms with Gasteiger partial charge in [0.25, 0.3) is 5.91 Å². The van der Waals surface area contributed by atoms with Gasteiger partial charge in [-0.25, -0.2) is 0 Å². The van der Waals surface area contributed by atoms with Crippen LogP contribution in [0.1, 0.15) is 0 Å². The second-order valence-electron chi connectivity index (χ2n) is 2.17. The molecule has 3 heteroatoms. The molecule has 0 unspecified atom stereocenters. The number of para-hydroxylation sites is 1. The van der Waals surface area contributed by atoms with Gasteiger partial charge in [-0.2, -0.15) is 0 Å². The number of carbonyl (C=O) groups is 1. The fourth-order valence-electron chi connectivity index (χ4n) is 0.773. The number of aliphatic hydroxyl groups is 1. The molecular weight excluding hydrogens is 154 g/mol. The number of hydrogen-bond acceptors (Lipinski definition) is 2. The van der Waals surface area contributed by atoms with Crippen molar-refractivity contribution in [2.75, 3.05) is 5.32 Å². The molecule has 2 N–H and O–H groups in total. The lowest BCUT2D eigenvalue weighted by molar-refractivity contribution is -0.112. The minimum absolute atomic E-state index is 0.344. The summed E-state index contributed by atoms with van der Waals surface area (Å²) in [5.74, 6) is -0.344. The van der Waals surface area contributed by atoms with E-state index in [0.29, 0.717) is 11.9 Å². The van der Waals surface area contributed by atoms with E-state index in [0.717, 1.165) is 6.08 Å². The molecule has 0 heterocycles. The molecule has 0 aliphatic carbocycles. The maximum absolute atomic E-state index is 10.9. The van der Waals surface area contributed by atoms with Gasteiger partial charge in [0.15, 0.2) is 0 Å². The molecule has 1 aromatic rings. The molecular formula is C9H9NO2. The first-order chi connectivity index (χ1) is 5.83. The highest BCUT2D eigenvalue weighted by Crippen LogP contribution is 2.04. The lowest BCUT2D eigenvalue weighted by Crippen LogP contribution is -2.07. The number of nitrogens with one attached hydrogen (secondary N) is 1. The van der Waals surface area contributed by atoms with Crippen LogP contribution in [0.4, 0.5) is 5.69 Å². The number of amides is 1. The van der Waals surface area contributed by atoms with E-state index in [-0.39, 0.29) is 5.91 Å². The van der Waals surface area contributed by atoms with Gasteiger partial charge in [0.1, 0.15) is 0 Å². The minimum atomic E-state index is -0.344. The smallest absolute Gasteiger partial charge is 0.251 e. The monoisotopic (exact) mass is 163 g/mol. The van der Waals surface area contributed by atoms with Crippen molar-refractivity contribution in [2.45, 2.75) is 0 Å². The number of hydrogen-bond donors (Lipinski definition) is 2. The second-order valence-corrected chi connectivity index (χ2v) is 2.17. The van der Waals surface area contributed by atoms with Crippen molar-refractivity contribution in [3.8, 4) is 0 Å². The highest BCUT2D eigenvalue weighted by molar-refractivity contribution is 5.98. The molecule has 0 bridgehead atoms. The van der Waals surface area contributed by atoms with Crippen molar-refractivity contribution in [1.29, 1.82) is 0 Å². The van der Waals surface area contributed by atoms with Gasteiger partial charge in [0.2, 0.25) is 0 Å². The highest BCUT2D eigenvalue weighted by atomic mass is 16.2. The standard InChI is InChI=1S/C9H9NO2/c11-7-6-9(12)10-8-4-2-1-3-5-8/h1-7,11H,(H,10,12). The largest absolute Gasteiger partial charge is 0.515 e. The van der Waals surface area contributed by atoms with Gasteiger partial charge in [-0.15, -0.1) is 0 Å². The van der Waals surface area contributed by atoms with E-state index in [4.69, 9.17) is 5.11 Å². The SMILES string of the molecule is O=C(C=CO)Nc1ccccc1. The molecule has 0 atom stereocenters. The van der Waals surface area contributed by atoms with Crippen LogP contribution in [0, 0.1) is 0 Å². The fourth-order valence-corrected chi connectivity index (χ4v) is 0.773.